The van der Waals surface area contributed by atoms with Gasteiger partial charge in [0.2, 0.25) is 5.91 Å². The zero-order valence-electron chi connectivity index (χ0n) is 17.7. The van der Waals surface area contributed by atoms with Crippen LogP contribution in [0.15, 0.2) is 36.4 Å². The quantitative estimate of drug-likeness (QED) is 0.537. The Balaban J connectivity index is 1.68. The number of ether oxygens (including phenoxy) is 2. The number of methoxy groups -OCH3 is 2. The molecule has 2 amide bonds. The van der Waals surface area contributed by atoms with Crippen molar-refractivity contribution in [1.82, 2.24) is 10.2 Å². The minimum absolute atomic E-state index is 0.0396. The number of nitro groups is 1. The summed E-state index contributed by atoms with van der Waals surface area (Å²) in [4.78, 5) is 37.8. The largest absolute Gasteiger partial charge is 0.493 e. The average molecular weight is 427 g/mol. The Bertz CT molecular complexity index is 1010. The van der Waals surface area contributed by atoms with Crippen molar-refractivity contribution in [3.63, 3.8) is 0 Å². The molecule has 1 aliphatic heterocycles. The number of amides is 2. The van der Waals surface area contributed by atoms with Crippen molar-refractivity contribution in [1.29, 1.82) is 0 Å². The number of hydrogen-bond acceptors (Lipinski definition) is 6. The van der Waals surface area contributed by atoms with E-state index in [2.05, 4.69) is 5.32 Å². The molecule has 1 atom stereocenters. The normalized spacial score (nSPS) is 15.5. The Kier molecular flexibility index (Phi) is 6.74. The zero-order valence-corrected chi connectivity index (χ0v) is 17.7. The highest BCUT2D eigenvalue weighted by Crippen LogP contribution is 2.28. The molecule has 0 aromatic heterocycles. The molecule has 3 rings (SSSR count). The van der Waals surface area contributed by atoms with Crippen molar-refractivity contribution in [2.45, 2.75) is 32.4 Å². The molecule has 0 saturated carbocycles. The summed E-state index contributed by atoms with van der Waals surface area (Å²) in [5, 5.41) is 13.9. The molecule has 1 heterocycles. The Morgan fingerprint density at radius 1 is 1.16 bits per heavy atom. The van der Waals surface area contributed by atoms with Crippen LogP contribution < -0.4 is 14.8 Å². The van der Waals surface area contributed by atoms with E-state index in [4.69, 9.17) is 9.47 Å². The first kappa shape index (κ1) is 22.1. The summed E-state index contributed by atoms with van der Waals surface area (Å²) in [6, 6.07) is 9.06. The van der Waals surface area contributed by atoms with Crippen LogP contribution in [0.3, 0.4) is 0 Å². The van der Waals surface area contributed by atoms with E-state index in [1.54, 1.807) is 33.3 Å². The highest BCUT2D eigenvalue weighted by Gasteiger charge is 2.34. The summed E-state index contributed by atoms with van der Waals surface area (Å²) < 4.78 is 10.5. The van der Waals surface area contributed by atoms with Crippen molar-refractivity contribution < 1.29 is 24.0 Å². The van der Waals surface area contributed by atoms with E-state index >= 15 is 0 Å². The van der Waals surface area contributed by atoms with Crippen LogP contribution in [0, 0.1) is 17.0 Å². The number of hydrogen-bond donors (Lipinski definition) is 1. The van der Waals surface area contributed by atoms with E-state index in [9.17, 15) is 19.7 Å². The Hall–Kier alpha value is -3.62. The molecule has 1 unspecified atom stereocenters. The third kappa shape index (κ3) is 4.76. The van der Waals surface area contributed by atoms with Gasteiger partial charge < -0.3 is 19.7 Å². The lowest BCUT2D eigenvalue weighted by Gasteiger charge is -2.24. The number of rotatable bonds is 7. The number of carbonyl (C=O) groups excluding carboxylic acids is 2. The van der Waals surface area contributed by atoms with Crippen LogP contribution in [0.1, 0.15) is 34.3 Å². The summed E-state index contributed by atoms with van der Waals surface area (Å²) in [6.45, 7) is 2.34. The second kappa shape index (κ2) is 9.46. The number of benzene rings is 2. The molecule has 0 bridgehead atoms. The van der Waals surface area contributed by atoms with E-state index in [-0.39, 0.29) is 24.0 Å². The molecule has 2 aromatic carbocycles. The predicted octanol–water partition coefficient (Wildman–Crippen LogP) is 2.84. The topological polar surface area (TPSA) is 111 Å². The van der Waals surface area contributed by atoms with Crippen LogP contribution in [-0.2, 0) is 11.3 Å². The molecule has 2 aromatic rings. The van der Waals surface area contributed by atoms with E-state index in [0.29, 0.717) is 42.0 Å². The van der Waals surface area contributed by atoms with Crippen LogP contribution in [0.2, 0.25) is 0 Å². The molecular weight excluding hydrogens is 402 g/mol. The second-order valence-corrected chi connectivity index (χ2v) is 7.32. The van der Waals surface area contributed by atoms with Crippen molar-refractivity contribution >= 4 is 17.5 Å². The van der Waals surface area contributed by atoms with Crippen molar-refractivity contribution in [3.05, 3.63) is 63.2 Å². The first-order chi connectivity index (χ1) is 14.8. The third-order valence-electron chi connectivity index (χ3n) is 5.37. The molecule has 31 heavy (non-hydrogen) atoms. The van der Waals surface area contributed by atoms with Crippen molar-refractivity contribution in [2.75, 3.05) is 20.8 Å². The lowest BCUT2D eigenvalue weighted by molar-refractivity contribution is -0.385. The molecule has 1 aliphatic rings. The first-order valence-electron chi connectivity index (χ1n) is 9.90. The third-order valence-corrected chi connectivity index (χ3v) is 5.37. The van der Waals surface area contributed by atoms with Gasteiger partial charge in [0, 0.05) is 30.3 Å². The minimum atomic E-state index is -0.580. The fraction of sp³-hybridized carbons (Fsp3) is 0.364. The zero-order chi connectivity index (χ0) is 22.5. The Morgan fingerprint density at radius 3 is 2.55 bits per heavy atom. The molecular formula is C22H25N3O6. The SMILES string of the molecule is COc1ccc(CNC(=O)C2CCCN2C(=O)c2ccc([N+](=O)[O-])c(C)c2)cc1OC. The standard InChI is InChI=1S/C22H25N3O6/c1-14-11-16(7-8-17(14)25(28)29)22(27)24-10-4-5-18(24)21(26)23-13-15-6-9-19(30-2)20(12-15)31-3/h6-9,11-12,18H,4-5,10,13H2,1-3H3,(H,23,26). The number of nitrogens with one attached hydrogen (secondary N) is 1. The lowest BCUT2D eigenvalue weighted by Crippen LogP contribution is -2.45. The van der Waals surface area contributed by atoms with Gasteiger partial charge in [-0.05, 0) is 49.6 Å². The summed E-state index contributed by atoms with van der Waals surface area (Å²) >= 11 is 0. The summed E-state index contributed by atoms with van der Waals surface area (Å²) in [5.74, 6) is 0.630. The molecule has 0 aliphatic carbocycles. The average Bonchev–Trinajstić information content (AvgIpc) is 3.26. The molecule has 9 nitrogen and oxygen atoms in total. The number of likely N-dealkylation sites (tertiary alicyclic amines) is 1. The first-order valence-corrected chi connectivity index (χ1v) is 9.90. The van der Waals surface area contributed by atoms with Crippen LogP contribution in [-0.4, -0.2) is 48.4 Å². The van der Waals surface area contributed by atoms with Crippen LogP contribution in [0.5, 0.6) is 11.5 Å². The van der Waals surface area contributed by atoms with E-state index in [1.165, 1.54) is 23.1 Å². The summed E-state index contributed by atoms with van der Waals surface area (Å²) in [7, 11) is 3.10. The number of carbonyl (C=O) groups is 2. The van der Waals surface area contributed by atoms with E-state index < -0.39 is 11.0 Å². The van der Waals surface area contributed by atoms with E-state index in [1.807, 2.05) is 6.07 Å². The van der Waals surface area contributed by atoms with Crippen LogP contribution >= 0.6 is 0 Å². The van der Waals surface area contributed by atoms with Gasteiger partial charge in [0.15, 0.2) is 11.5 Å². The highest BCUT2D eigenvalue weighted by atomic mass is 16.6. The molecule has 9 heteroatoms. The maximum absolute atomic E-state index is 13.0. The van der Waals surface area contributed by atoms with Crippen LogP contribution in [0.25, 0.3) is 0 Å². The van der Waals surface area contributed by atoms with Crippen molar-refractivity contribution in [3.8, 4) is 11.5 Å². The molecule has 0 spiro atoms. The lowest BCUT2D eigenvalue weighted by atomic mass is 10.1. The van der Waals surface area contributed by atoms with Gasteiger partial charge in [-0.1, -0.05) is 6.07 Å². The smallest absolute Gasteiger partial charge is 0.272 e. The molecule has 1 saturated heterocycles. The predicted molar refractivity (Wildman–Crippen MR) is 113 cm³/mol. The highest BCUT2D eigenvalue weighted by molar-refractivity contribution is 5.98. The van der Waals surface area contributed by atoms with Crippen LogP contribution in [0.4, 0.5) is 5.69 Å². The molecule has 1 fully saturated rings. The van der Waals surface area contributed by atoms with Gasteiger partial charge in [-0.2, -0.15) is 0 Å². The Labute approximate surface area is 180 Å². The van der Waals surface area contributed by atoms with Gasteiger partial charge in [0.25, 0.3) is 11.6 Å². The molecule has 164 valence electrons. The minimum Gasteiger partial charge on any atom is -0.493 e. The maximum Gasteiger partial charge on any atom is 0.272 e. The monoisotopic (exact) mass is 427 g/mol. The summed E-state index contributed by atoms with van der Waals surface area (Å²) in [6.07, 6.45) is 1.28. The Morgan fingerprint density at radius 2 is 1.90 bits per heavy atom. The number of aryl methyl sites for hydroxylation is 1. The number of nitro benzene ring substituents is 1. The molecule has 1 N–H and O–H groups in total. The fourth-order valence-corrected chi connectivity index (χ4v) is 3.74. The molecule has 0 radical (unpaired) electrons. The van der Waals surface area contributed by atoms with Gasteiger partial charge in [-0.3, -0.25) is 19.7 Å². The van der Waals surface area contributed by atoms with Gasteiger partial charge >= 0.3 is 0 Å². The van der Waals surface area contributed by atoms with Gasteiger partial charge in [0.1, 0.15) is 6.04 Å². The van der Waals surface area contributed by atoms with Gasteiger partial charge in [0.05, 0.1) is 19.1 Å². The van der Waals surface area contributed by atoms with E-state index in [0.717, 1.165) is 5.56 Å². The summed E-state index contributed by atoms with van der Waals surface area (Å²) in [5.41, 5.74) is 1.54. The van der Waals surface area contributed by atoms with Gasteiger partial charge in [-0.15, -0.1) is 0 Å². The van der Waals surface area contributed by atoms with Gasteiger partial charge in [-0.25, -0.2) is 0 Å². The number of nitrogens with zero attached hydrogens (tertiary/aromatic N) is 2. The maximum atomic E-state index is 13.0. The fourth-order valence-electron chi connectivity index (χ4n) is 3.74. The second-order valence-electron chi connectivity index (χ2n) is 7.32. The van der Waals surface area contributed by atoms with Crippen molar-refractivity contribution in [2.24, 2.45) is 0 Å².